The molecule has 0 amide bonds. The van der Waals surface area contributed by atoms with Crippen LogP contribution in [0.15, 0.2) is 0 Å². The predicted molar refractivity (Wildman–Crippen MR) is 0 cm³/mol. The van der Waals surface area contributed by atoms with Crippen LogP contribution in [0, 0.1) is 10.2 Å². The topological polar surface area (TPSA) is 92.2 Å². The van der Waals surface area contributed by atoms with E-state index in [-0.39, 0.29) is 16.8 Å². The average molecular weight is 158 g/mol. The first kappa shape index (κ1) is 9.81. The molecule has 6 heavy (non-hydrogen) atoms. The maximum absolute atomic E-state index is 8.49. The van der Waals surface area contributed by atoms with E-state index >= 15 is 0 Å². The third-order valence-electron chi connectivity index (χ3n) is 0. The quantitative estimate of drug-likeness (QED) is 0.354. The van der Waals surface area contributed by atoms with Crippen molar-refractivity contribution in [1.82, 2.24) is 0 Å². The van der Waals surface area contributed by atoms with Crippen molar-refractivity contribution in [2.45, 2.75) is 0 Å². The molecule has 0 saturated carbocycles. The van der Waals surface area contributed by atoms with E-state index in [9.17, 15) is 0 Å². The van der Waals surface area contributed by atoms with Crippen molar-refractivity contribution in [2.75, 3.05) is 0 Å². The fourth-order valence-electron chi connectivity index (χ4n) is 0. The van der Waals surface area contributed by atoms with E-state index in [2.05, 4.69) is 0 Å². The molecule has 0 bridgehead atoms. The van der Waals surface area contributed by atoms with Gasteiger partial charge in [0.25, 0.3) is 0 Å². The van der Waals surface area contributed by atoms with Gasteiger partial charge in [-0.3, -0.25) is 0 Å². The Balaban J connectivity index is 0. The van der Waals surface area contributed by atoms with Crippen molar-refractivity contribution in [2.24, 2.45) is 0 Å². The summed E-state index contributed by atoms with van der Waals surface area (Å²) in [4.78, 5) is 0. The molecule has 0 spiro atoms. The molecule has 0 atom stereocenters. The molecule has 4 nitrogen and oxygen atoms in total. The maximum Gasteiger partial charge on any atom is 2.00 e. The first-order chi connectivity index (χ1) is 2.00. The summed E-state index contributed by atoms with van der Waals surface area (Å²) in [5.74, 6) is 0. The van der Waals surface area contributed by atoms with Crippen molar-refractivity contribution in [3.63, 3.8) is 0 Å². The molecule has 39 valence electrons. The van der Waals surface area contributed by atoms with Crippen LogP contribution in [0.25, 0.3) is 0 Å². The van der Waals surface area contributed by atoms with Gasteiger partial charge in [-0.2, -0.15) is 0 Å². The minimum Gasteiger partial charge on any atom is -0.222 e. The van der Waals surface area contributed by atoms with Gasteiger partial charge in [0.2, 0.25) is 0 Å². The molecule has 6 heteroatoms. The minimum atomic E-state index is -4.94. The van der Waals surface area contributed by atoms with Gasteiger partial charge >= 0.3 is 16.8 Å². The van der Waals surface area contributed by atoms with Crippen LogP contribution in [0.4, 0.5) is 0 Å². The molecule has 0 unspecified atom stereocenters. The van der Waals surface area contributed by atoms with Crippen molar-refractivity contribution >= 4 is 0 Å². The van der Waals surface area contributed by atoms with Crippen molar-refractivity contribution in [1.29, 1.82) is 0 Å². The van der Waals surface area contributed by atoms with E-state index in [1.807, 2.05) is 0 Å². The molecule has 0 aromatic heterocycles. The Kier molecular flexibility index (Phi) is 4.50. The number of hydrogen-bond acceptors (Lipinski definition) is 4. The molecule has 0 fully saturated rings. The summed E-state index contributed by atoms with van der Waals surface area (Å²) < 4.78 is 34.0. The van der Waals surface area contributed by atoms with E-state index < -0.39 is 10.2 Å². The molecule has 1 radical (unpaired) electrons. The number of hydrogen-bond donors (Lipinski definition) is 0. The summed E-state index contributed by atoms with van der Waals surface area (Å²) >= 11 is 0. The van der Waals surface area contributed by atoms with E-state index in [0.29, 0.717) is 0 Å². The van der Waals surface area contributed by atoms with Gasteiger partial charge in [-0.15, -0.1) is 10.2 Å². The Bertz CT molecular complexity index is 23.0. The van der Waals surface area contributed by atoms with Crippen molar-refractivity contribution in [3.05, 3.63) is 0 Å². The summed E-state index contributed by atoms with van der Waals surface area (Å²) in [7, 11) is -4.94. The van der Waals surface area contributed by atoms with Crippen LogP contribution in [-0.2, 0) is 16.8 Å². The van der Waals surface area contributed by atoms with Gasteiger partial charge in [-0.25, -0.2) is 18.6 Å². The summed E-state index contributed by atoms with van der Waals surface area (Å²) in [5.41, 5.74) is 0. The second-order valence-corrected chi connectivity index (χ2v) is 1.13. The Labute approximate surface area is 46.3 Å². The van der Waals surface area contributed by atoms with Gasteiger partial charge in [0, 0.05) is 0 Å². The molecule has 0 aliphatic rings. The molecule has 0 N–H and O–H groups in total. The smallest absolute Gasteiger partial charge is 0.222 e. The second kappa shape index (κ2) is 2.75. The summed E-state index contributed by atoms with van der Waals surface area (Å²) in [6.45, 7) is 0. The van der Waals surface area contributed by atoms with Crippen LogP contribution >= 0.6 is 0 Å². The van der Waals surface area contributed by atoms with E-state index in [1.54, 1.807) is 0 Å². The van der Waals surface area contributed by atoms with Crippen LogP contribution in [0.2, 0.25) is 0 Å². The average Bonchev–Trinajstić information content (AvgIpc) is 0.722. The largest absolute Gasteiger partial charge is 2.00 e. The Hall–Kier alpha value is 0.636. The van der Waals surface area contributed by atoms with Gasteiger partial charge < -0.3 is 0 Å². The van der Waals surface area contributed by atoms with E-state index in [0.717, 1.165) is 0 Å². The first-order valence-electron chi connectivity index (χ1n) is 0.617. The van der Waals surface area contributed by atoms with Crippen LogP contribution in [-0.4, -0.2) is 0 Å². The maximum atomic E-state index is 8.49. The molecule has 0 aliphatic carbocycles. The Morgan fingerprint density at radius 3 is 0.833 bits per heavy atom. The van der Waals surface area contributed by atoms with Crippen molar-refractivity contribution < 1.29 is 45.7 Å². The van der Waals surface area contributed by atoms with Gasteiger partial charge in [0.05, 0.1) is 0 Å². The van der Waals surface area contributed by atoms with Crippen molar-refractivity contribution in [3.8, 4) is 0 Å². The zero-order valence-electron chi connectivity index (χ0n) is 2.34. The minimum absolute atomic E-state index is 0. The predicted octanol–water partition coefficient (Wildman–Crippen LogP) is -4.76. The third kappa shape index (κ3) is 151. The SMILES string of the molecule is [Co+2].[O-][Cl+3]([O-])([O-])[O-]. The van der Waals surface area contributed by atoms with Crippen LogP contribution in [0.3, 0.4) is 0 Å². The molecule has 0 aromatic carbocycles. The summed E-state index contributed by atoms with van der Waals surface area (Å²) in [6.07, 6.45) is 0. The summed E-state index contributed by atoms with van der Waals surface area (Å²) in [5, 5.41) is 0. The van der Waals surface area contributed by atoms with Crippen LogP contribution in [0.5, 0.6) is 0 Å². The molecule has 0 heterocycles. The fraction of sp³-hybridized carbons (Fsp3) is 0. The third-order valence-corrected chi connectivity index (χ3v) is 0. The van der Waals surface area contributed by atoms with Crippen LogP contribution in [0.1, 0.15) is 0 Å². The molecular formula is ClCoO4+. The van der Waals surface area contributed by atoms with Gasteiger partial charge in [-0.05, 0) is 0 Å². The van der Waals surface area contributed by atoms with E-state index in [1.165, 1.54) is 0 Å². The molecular weight excluding hydrogens is 158 g/mol. The zero-order valence-corrected chi connectivity index (χ0v) is 4.14. The number of halogens is 1. The van der Waals surface area contributed by atoms with E-state index in [4.69, 9.17) is 18.6 Å². The number of rotatable bonds is 0. The molecule has 0 aliphatic heterocycles. The molecule has 0 rings (SSSR count). The van der Waals surface area contributed by atoms with Gasteiger partial charge in [0.15, 0.2) is 0 Å². The fourth-order valence-corrected chi connectivity index (χ4v) is 0. The second-order valence-electron chi connectivity index (χ2n) is 0.378. The molecule has 0 aromatic rings. The monoisotopic (exact) mass is 158 g/mol. The normalized spacial score (nSPS) is 10.0. The van der Waals surface area contributed by atoms with Gasteiger partial charge in [0.1, 0.15) is 0 Å². The Morgan fingerprint density at radius 2 is 0.833 bits per heavy atom. The molecule has 0 saturated heterocycles. The van der Waals surface area contributed by atoms with Crippen LogP contribution < -0.4 is 18.6 Å². The summed E-state index contributed by atoms with van der Waals surface area (Å²) in [6, 6.07) is 0. The standard InChI is InChI=1S/ClHO4.Co/c2-1(3,4)5;/h(H,2,3,4,5);/q;+2/p-1. The zero-order chi connectivity index (χ0) is 4.50. The first-order valence-corrected chi connectivity index (χ1v) is 1.85. The van der Waals surface area contributed by atoms with Gasteiger partial charge in [-0.1, -0.05) is 0 Å². The Morgan fingerprint density at radius 1 is 0.833 bits per heavy atom.